The number of hydrogen-bond donors (Lipinski definition) is 3. The van der Waals surface area contributed by atoms with E-state index in [0.717, 1.165) is 5.56 Å². The van der Waals surface area contributed by atoms with E-state index in [9.17, 15) is 9.90 Å². The number of carbonyl (C=O) groups excluding carboxylic acids is 1. The van der Waals surface area contributed by atoms with Crippen LogP contribution in [-0.2, 0) is 0 Å². The Morgan fingerprint density at radius 3 is 2.68 bits per heavy atom. The molecule has 2 aromatic rings. The predicted molar refractivity (Wildman–Crippen MR) is 86.1 cm³/mol. The summed E-state index contributed by atoms with van der Waals surface area (Å²) in [5, 5.41) is 15.1. The Labute approximate surface area is 129 Å². The summed E-state index contributed by atoms with van der Waals surface area (Å²) in [5.41, 5.74) is 1.78. The Bertz CT molecular complexity index is 602. The van der Waals surface area contributed by atoms with Crippen LogP contribution in [0.25, 0.3) is 0 Å². The molecule has 1 unspecified atom stereocenters. The normalized spacial score (nSPS) is 11.5. The lowest BCUT2D eigenvalue weighted by molar-refractivity contribution is 0.108. The standard InChI is InChI=1S/C17H20N2O3/c1-13-6-5-7-14(10-13)19-17(21)18-11-15(20)12-22-16-8-3-2-4-9-16/h2-10,15,20H,11-12H2,1H3,(H2,18,19,21). The van der Waals surface area contributed by atoms with Crippen molar-refractivity contribution in [3.63, 3.8) is 0 Å². The summed E-state index contributed by atoms with van der Waals surface area (Å²) in [6, 6.07) is 16.4. The molecule has 5 nitrogen and oxygen atoms in total. The Morgan fingerprint density at radius 1 is 1.18 bits per heavy atom. The number of rotatable bonds is 6. The largest absolute Gasteiger partial charge is 0.491 e. The van der Waals surface area contributed by atoms with Gasteiger partial charge in [0.15, 0.2) is 0 Å². The minimum Gasteiger partial charge on any atom is -0.491 e. The zero-order chi connectivity index (χ0) is 15.8. The molecule has 0 heterocycles. The van der Waals surface area contributed by atoms with Gasteiger partial charge < -0.3 is 20.5 Å². The molecule has 0 saturated heterocycles. The average Bonchev–Trinajstić information content (AvgIpc) is 2.52. The van der Waals surface area contributed by atoms with E-state index in [1.807, 2.05) is 61.5 Å². The van der Waals surface area contributed by atoms with E-state index in [1.165, 1.54) is 0 Å². The van der Waals surface area contributed by atoms with Crippen molar-refractivity contribution in [1.82, 2.24) is 5.32 Å². The highest BCUT2D eigenvalue weighted by Crippen LogP contribution is 2.09. The van der Waals surface area contributed by atoms with E-state index < -0.39 is 6.10 Å². The monoisotopic (exact) mass is 300 g/mol. The topological polar surface area (TPSA) is 70.6 Å². The molecule has 0 fully saturated rings. The fourth-order valence-electron chi connectivity index (χ4n) is 1.88. The maximum atomic E-state index is 11.7. The summed E-state index contributed by atoms with van der Waals surface area (Å²) in [6.07, 6.45) is -0.775. The van der Waals surface area contributed by atoms with Crippen molar-refractivity contribution in [2.24, 2.45) is 0 Å². The smallest absolute Gasteiger partial charge is 0.319 e. The number of para-hydroxylation sites is 1. The van der Waals surface area contributed by atoms with Crippen LogP contribution in [0.3, 0.4) is 0 Å². The van der Waals surface area contributed by atoms with E-state index in [2.05, 4.69) is 10.6 Å². The number of aryl methyl sites for hydroxylation is 1. The summed E-state index contributed by atoms with van der Waals surface area (Å²) >= 11 is 0. The molecule has 116 valence electrons. The maximum absolute atomic E-state index is 11.7. The molecule has 1 atom stereocenters. The lowest BCUT2D eigenvalue weighted by Gasteiger charge is -2.14. The van der Waals surface area contributed by atoms with Gasteiger partial charge >= 0.3 is 6.03 Å². The van der Waals surface area contributed by atoms with Crippen molar-refractivity contribution in [3.05, 3.63) is 60.2 Å². The SMILES string of the molecule is Cc1cccc(NC(=O)NCC(O)COc2ccccc2)c1. The van der Waals surface area contributed by atoms with Crippen LogP contribution >= 0.6 is 0 Å². The molecular weight excluding hydrogens is 280 g/mol. The molecule has 0 aliphatic carbocycles. The highest BCUT2D eigenvalue weighted by atomic mass is 16.5. The number of nitrogens with one attached hydrogen (secondary N) is 2. The van der Waals surface area contributed by atoms with Gasteiger partial charge in [0, 0.05) is 12.2 Å². The molecule has 0 aliphatic rings. The molecular formula is C17H20N2O3. The first kappa shape index (κ1) is 15.9. The zero-order valence-electron chi connectivity index (χ0n) is 12.5. The number of amides is 2. The number of benzene rings is 2. The van der Waals surface area contributed by atoms with Gasteiger partial charge in [-0.15, -0.1) is 0 Å². The Balaban J connectivity index is 1.69. The minimum atomic E-state index is -0.775. The molecule has 0 bridgehead atoms. The van der Waals surface area contributed by atoms with Gasteiger partial charge in [-0.05, 0) is 36.8 Å². The van der Waals surface area contributed by atoms with Crippen molar-refractivity contribution in [2.45, 2.75) is 13.0 Å². The first-order chi connectivity index (χ1) is 10.6. The average molecular weight is 300 g/mol. The van der Waals surface area contributed by atoms with E-state index in [-0.39, 0.29) is 19.2 Å². The predicted octanol–water partition coefficient (Wildman–Crippen LogP) is 2.56. The quantitative estimate of drug-likeness (QED) is 0.768. The lowest BCUT2D eigenvalue weighted by atomic mass is 10.2. The van der Waals surface area contributed by atoms with Gasteiger partial charge in [-0.2, -0.15) is 0 Å². The summed E-state index contributed by atoms with van der Waals surface area (Å²) < 4.78 is 5.41. The summed E-state index contributed by atoms with van der Waals surface area (Å²) in [6.45, 7) is 2.19. The third-order valence-electron chi connectivity index (χ3n) is 2.96. The third-order valence-corrected chi connectivity index (χ3v) is 2.96. The molecule has 3 N–H and O–H groups in total. The van der Waals surface area contributed by atoms with Crippen LogP contribution < -0.4 is 15.4 Å². The fourth-order valence-corrected chi connectivity index (χ4v) is 1.88. The third kappa shape index (κ3) is 5.46. The van der Waals surface area contributed by atoms with E-state index in [4.69, 9.17) is 4.74 Å². The molecule has 2 aromatic carbocycles. The van der Waals surface area contributed by atoms with Gasteiger partial charge in [-0.25, -0.2) is 4.79 Å². The molecule has 2 rings (SSSR count). The summed E-state index contributed by atoms with van der Waals surface area (Å²) in [4.78, 5) is 11.7. The van der Waals surface area contributed by atoms with Crippen molar-refractivity contribution in [2.75, 3.05) is 18.5 Å². The van der Waals surface area contributed by atoms with Crippen LogP contribution in [0.1, 0.15) is 5.56 Å². The number of ether oxygens (including phenoxy) is 1. The summed E-state index contributed by atoms with van der Waals surface area (Å²) in [7, 11) is 0. The molecule has 0 spiro atoms. The highest BCUT2D eigenvalue weighted by Gasteiger charge is 2.08. The van der Waals surface area contributed by atoms with E-state index in [1.54, 1.807) is 0 Å². The summed E-state index contributed by atoms with van der Waals surface area (Å²) in [5.74, 6) is 0.686. The second kappa shape index (κ2) is 8.05. The number of hydrogen-bond acceptors (Lipinski definition) is 3. The molecule has 0 radical (unpaired) electrons. The number of carbonyl (C=O) groups is 1. The molecule has 0 aromatic heterocycles. The van der Waals surface area contributed by atoms with Gasteiger partial charge in [0.1, 0.15) is 18.5 Å². The van der Waals surface area contributed by atoms with Crippen LogP contribution in [-0.4, -0.2) is 30.4 Å². The number of urea groups is 1. The van der Waals surface area contributed by atoms with Gasteiger partial charge in [0.2, 0.25) is 0 Å². The fraction of sp³-hybridized carbons (Fsp3) is 0.235. The van der Waals surface area contributed by atoms with Crippen molar-refractivity contribution >= 4 is 11.7 Å². The molecule has 22 heavy (non-hydrogen) atoms. The van der Waals surface area contributed by atoms with Gasteiger partial charge in [-0.1, -0.05) is 30.3 Å². The van der Waals surface area contributed by atoms with Gasteiger partial charge in [0.25, 0.3) is 0 Å². The highest BCUT2D eigenvalue weighted by molar-refractivity contribution is 5.89. The van der Waals surface area contributed by atoms with Crippen molar-refractivity contribution in [3.8, 4) is 5.75 Å². The Hall–Kier alpha value is -2.53. The Kier molecular flexibility index (Phi) is 5.80. The van der Waals surface area contributed by atoms with E-state index in [0.29, 0.717) is 11.4 Å². The second-order valence-corrected chi connectivity index (χ2v) is 4.98. The van der Waals surface area contributed by atoms with Crippen LogP contribution in [0.4, 0.5) is 10.5 Å². The van der Waals surface area contributed by atoms with Crippen LogP contribution in [0.15, 0.2) is 54.6 Å². The van der Waals surface area contributed by atoms with Gasteiger partial charge in [-0.3, -0.25) is 0 Å². The first-order valence-electron chi connectivity index (χ1n) is 7.11. The maximum Gasteiger partial charge on any atom is 0.319 e. The molecule has 0 aliphatic heterocycles. The van der Waals surface area contributed by atoms with Crippen molar-refractivity contribution < 1.29 is 14.6 Å². The van der Waals surface area contributed by atoms with Crippen LogP contribution in [0.5, 0.6) is 5.75 Å². The lowest BCUT2D eigenvalue weighted by Crippen LogP contribution is -2.37. The van der Waals surface area contributed by atoms with Crippen molar-refractivity contribution in [1.29, 1.82) is 0 Å². The first-order valence-corrected chi connectivity index (χ1v) is 7.11. The second-order valence-electron chi connectivity index (χ2n) is 4.98. The van der Waals surface area contributed by atoms with E-state index >= 15 is 0 Å². The molecule has 2 amide bonds. The minimum absolute atomic E-state index is 0.116. The van der Waals surface area contributed by atoms with Gasteiger partial charge in [0.05, 0.1) is 0 Å². The molecule has 5 heteroatoms. The van der Waals surface area contributed by atoms with Crippen LogP contribution in [0.2, 0.25) is 0 Å². The van der Waals surface area contributed by atoms with Crippen LogP contribution in [0, 0.1) is 6.92 Å². The number of aliphatic hydroxyl groups excluding tert-OH is 1. The number of anilines is 1. The number of aliphatic hydroxyl groups is 1. The zero-order valence-corrected chi connectivity index (χ0v) is 12.5. The Morgan fingerprint density at radius 2 is 1.95 bits per heavy atom. The molecule has 0 saturated carbocycles.